The highest BCUT2D eigenvalue weighted by Crippen LogP contribution is 2.52. The average molecular weight is 218 g/mol. The average Bonchev–Trinajstić information content (AvgIpc) is 2.29. The van der Waals surface area contributed by atoms with Crippen LogP contribution in [0, 0.1) is 5.41 Å². The van der Waals surface area contributed by atoms with Crippen molar-refractivity contribution in [3.63, 3.8) is 0 Å². The first-order chi connectivity index (χ1) is 6.27. The second-order valence-corrected chi connectivity index (χ2v) is 6.46. The maximum atomic E-state index is 11.4. The first kappa shape index (κ1) is 11.7. The van der Waals surface area contributed by atoms with Gasteiger partial charge in [0.1, 0.15) is 4.75 Å². The fourth-order valence-corrected chi connectivity index (χ4v) is 3.67. The molecule has 82 valence electrons. The smallest absolute Gasteiger partial charge is 0.270 e. The maximum absolute atomic E-state index is 11.4. The van der Waals surface area contributed by atoms with Crippen LogP contribution in [0.5, 0.6) is 0 Å². The molecule has 0 aliphatic heterocycles. The minimum absolute atomic E-state index is 0.373. The summed E-state index contributed by atoms with van der Waals surface area (Å²) in [6, 6.07) is 0. The molecule has 1 saturated carbocycles. The second kappa shape index (κ2) is 3.35. The van der Waals surface area contributed by atoms with Gasteiger partial charge in [-0.3, -0.25) is 4.55 Å². The lowest BCUT2D eigenvalue weighted by Crippen LogP contribution is -2.45. The van der Waals surface area contributed by atoms with Crippen LogP contribution in [0.2, 0.25) is 0 Å². The molecule has 1 aliphatic carbocycles. The van der Waals surface area contributed by atoms with Crippen molar-refractivity contribution in [3.8, 4) is 0 Å². The minimum atomic E-state index is -3.98. The van der Waals surface area contributed by atoms with Crippen LogP contribution < -0.4 is 0 Å². The van der Waals surface area contributed by atoms with Crippen LogP contribution in [0.15, 0.2) is 12.7 Å². The predicted octanol–water partition coefficient (Wildman–Crippen LogP) is 2.40. The molecule has 1 N–H and O–H groups in total. The normalized spacial score (nSPS) is 38.5. The standard InChI is InChI=1S/C10H18O3S/c1-4-6-9(2)7-5-8-10(9,3)14(11,12)13/h4H,1,5-8H2,2-3H3,(H,11,12,13). The van der Waals surface area contributed by atoms with Crippen molar-refractivity contribution in [1.29, 1.82) is 0 Å². The molecule has 1 aliphatic rings. The molecule has 14 heavy (non-hydrogen) atoms. The molecule has 0 saturated heterocycles. The predicted molar refractivity (Wildman–Crippen MR) is 56.7 cm³/mol. The molecule has 4 heteroatoms. The van der Waals surface area contributed by atoms with Crippen molar-refractivity contribution in [2.24, 2.45) is 5.41 Å². The molecule has 0 heterocycles. The zero-order valence-electron chi connectivity index (χ0n) is 8.78. The van der Waals surface area contributed by atoms with Crippen molar-refractivity contribution >= 4 is 10.1 Å². The van der Waals surface area contributed by atoms with Gasteiger partial charge in [-0.1, -0.05) is 19.4 Å². The molecule has 0 spiro atoms. The van der Waals surface area contributed by atoms with E-state index in [1.165, 1.54) is 0 Å². The van der Waals surface area contributed by atoms with Crippen molar-refractivity contribution in [2.75, 3.05) is 0 Å². The summed E-state index contributed by atoms with van der Waals surface area (Å²) in [5, 5.41) is 0. The lowest BCUT2D eigenvalue weighted by molar-refractivity contribution is 0.253. The van der Waals surface area contributed by atoms with Gasteiger partial charge in [-0.25, -0.2) is 0 Å². The Bertz CT molecular complexity index is 333. The van der Waals surface area contributed by atoms with E-state index in [4.69, 9.17) is 0 Å². The summed E-state index contributed by atoms with van der Waals surface area (Å²) in [4.78, 5) is 0. The lowest BCUT2D eigenvalue weighted by Gasteiger charge is -2.37. The van der Waals surface area contributed by atoms with E-state index in [2.05, 4.69) is 6.58 Å². The Morgan fingerprint density at radius 1 is 1.43 bits per heavy atom. The molecule has 0 aromatic carbocycles. The van der Waals surface area contributed by atoms with Crippen LogP contribution in [0.4, 0.5) is 0 Å². The molecular weight excluding hydrogens is 200 g/mol. The number of hydrogen-bond donors (Lipinski definition) is 1. The zero-order valence-corrected chi connectivity index (χ0v) is 9.60. The largest absolute Gasteiger partial charge is 0.285 e. The zero-order chi connectivity index (χ0) is 11.0. The van der Waals surface area contributed by atoms with Crippen molar-refractivity contribution < 1.29 is 13.0 Å². The third-order valence-corrected chi connectivity index (χ3v) is 5.66. The molecule has 1 fully saturated rings. The molecule has 0 radical (unpaired) electrons. The topological polar surface area (TPSA) is 54.4 Å². The Balaban J connectivity index is 3.15. The molecule has 2 atom stereocenters. The quantitative estimate of drug-likeness (QED) is 0.584. The summed E-state index contributed by atoms with van der Waals surface area (Å²) in [6.07, 6.45) is 4.57. The fourth-order valence-electron chi connectivity index (χ4n) is 2.46. The van der Waals surface area contributed by atoms with Crippen LogP contribution in [-0.2, 0) is 10.1 Å². The third kappa shape index (κ3) is 1.50. The Labute approximate surface area is 86.0 Å². The Morgan fingerprint density at radius 3 is 2.43 bits per heavy atom. The van der Waals surface area contributed by atoms with Gasteiger partial charge in [0, 0.05) is 0 Å². The molecular formula is C10H18O3S. The van der Waals surface area contributed by atoms with E-state index >= 15 is 0 Å². The molecule has 0 bridgehead atoms. The summed E-state index contributed by atoms with van der Waals surface area (Å²) in [5.74, 6) is 0. The van der Waals surface area contributed by atoms with Gasteiger partial charge >= 0.3 is 0 Å². The van der Waals surface area contributed by atoms with Crippen molar-refractivity contribution in [3.05, 3.63) is 12.7 Å². The summed E-state index contributed by atoms with van der Waals surface area (Å²) in [6.45, 7) is 7.19. The van der Waals surface area contributed by atoms with Gasteiger partial charge in [0.15, 0.2) is 0 Å². The van der Waals surface area contributed by atoms with Crippen LogP contribution in [0.1, 0.15) is 39.5 Å². The van der Waals surface area contributed by atoms with Gasteiger partial charge in [-0.2, -0.15) is 8.42 Å². The van der Waals surface area contributed by atoms with E-state index in [-0.39, 0.29) is 5.41 Å². The highest BCUT2D eigenvalue weighted by molar-refractivity contribution is 7.87. The van der Waals surface area contributed by atoms with Gasteiger partial charge < -0.3 is 0 Å². The number of hydrogen-bond acceptors (Lipinski definition) is 2. The Kier molecular flexibility index (Phi) is 2.80. The Morgan fingerprint density at radius 2 is 2.00 bits per heavy atom. The van der Waals surface area contributed by atoms with Crippen LogP contribution in [0.3, 0.4) is 0 Å². The SMILES string of the molecule is C=CCC1(C)CCCC1(C)S(=O)(=O)O. The van der Waals surface area contributed by atoms with E-state index in [0.29, 0.717) is 12.8 Å². The monoisotopic (exact) mass is 218 g/mol. The highest BCUT2D eigenvalue weighted by Gasteiger charge is 2.55. The van der Waals surface area contributed by atoms with Crippen molar-refractivity contribution in [2.45, 2.75) is 44.3 Å². The van der Waals surface area contributed by atoms with Gasteiger partial charge in [-0.05, 0) is 31.6 Å². The van der Waals surface area contributed by atoms with Gasteiger partial charge in [0.2, 0.25) is 0 Å². The third-order valence-electron chi connectivity index (χ3n) is 3.82. The number of rotatable bonds is 3. The maximum Gasteiger partial charge on any atom is 0.270 e. The molecule has 0 aromatic rings. The van der Waals surface area contributed by atoms with Crippen LogP contribution in [0.25, 0.3) is 0 Å². The second-order valence-electron chi connectivity index (χ2n) is 4.61. The molecule has 2 unspecified atom stereocenters. The van der Waals surface area contributed by atoms with E-state index < -0.39 is 14.9 Å². The molecule has 1 rings (SSSR count). The Hall–Kier alpha value is -0.350. The summed E-state index contributed by atoms with van der Waals surface area (Å²) in [7, 11) is -3.98. The van der Waals surface area contributed by atoms with Crippen molar-refractivity contribution in [1.82, 2.24) is 0 Å². The highest BCUT2D eigenvalue weighted by atomic mass is 32.2. The first-order valence-electron chi connectivity index (χ1n) is 4.85. The van der Waals surface area contributed by atoms with E-state index in [1.54, 1.807) is 13.0 Å². The fraction of sp³-hybridized carbons (Fsp3) is 0.800. The molecule has 3 nitrogen and oxygen atoms in total. The summed E-state index contributed by atoms with van der Waals surface area (Å²) < 4.78 is 31.0. The minimum Gasteiger partial charge on any atom is -0.285 e. The van der Waals surface area contributed by atoms with Crippen LogP contribution >= 0.6 is 0 Å². The number of allylic oxidation sites excluding steroid dienone is 1. The lowest BCUT2D eigenvalue weighted by atomic mass is 9.77. The van der Waals surface area contributed by atoms with E-state index in [9.17, 15) is 13.0 Å². The van der Waals surface area contributed by atoms with Crippen LogP contribution in [-0.4, -0.2) is 17.7 Å². The molecule has 0 amide bonds. The van der Waals surface area contributed by atoms with Gasteiger partial charge in [-0.15, -0.1) is 6.58 Å². The first-order valence-corrected chi connectivity index (χ1v) is 6.29. The van der Waals surface area contributed by atoms with Gasteiger partial charge in [0.05, 0.1) is 0 Å². The van der Waals surface area contributed by atoms with E-state index in [1.807, 2.05) is 6.92 Å². The molecule has 0 aromatic heterocycles. The van der Waals surface area contributed by atoms with Gasteiger partial charge in [0.25, 0.3) is 10.1 Å². The van der Waals surface area contributed by atoms with E-state index in [0.717, 1.165) is 12.8 Å². The summed E-state index contributed by atoms with van der Waals surface area (Å²) >= 11 is 0. The summed E-state index contributed by atoms with van der Waals surface area (Å²) in [5.41, 5.74) is -0.373.